The number of aryl methyl sites for hydroxylation is 2. The van der Waals surface area contributed by atoms with Gasteiger partial charge in [0, 0.05) is 6.54 Å². The maximum absolute atomic E-state index is 11.1. The lowest BCUT2D eigenvalue weighted by molar-refractivity contribution is 0.470. The van der Waals surface area contributed by atoms with E-state index in [9.17, 15) is 8.42 Å². The standard InChI is InChI=1S/C19H23NO4S/c1-3-14-7-9-18-17(12-14)20(10-5-11-25(21,22)23)16-8-6-15(4-2)13-19(16)24-18/h6-9,12-13H,3-5,10-11H2,1-2H3,(H,21,22,23). The van der Waals surface area contributed by atoms with E-state index < -0.39 is 10.1 Å². The van der Waals surface area contributed by atoms with Crippen molar-refractivity contribution >= 4 is 21.5 Å². The molecular weight excluding hydrogens is 338 g/mol. The molecule has 1 aliphatic heterocycles. The lowest BCUT2D eigenvalue weighted by Gasteiger charge is -2.33. The molecule has 0 spiro atoms. The highest BCUT2D eigenvalue weighted by Gasteiger charge is 2.25. The van der Waals surface area contributed by atoms with Crippen molar-refractivity contribution < 1.29 is 17.7 Å². The minimum atomic E-state index is -3.96. The van der Waals surface area contributed by atoms with Gasteiger partial charge in [-0.15, -0.1) is 0 Å². The molecule has 2 aromatic rings. The van der Waals surface area contributed by atoms with Crippen LogP contribution < -0.4 is 9.64 Å². The molecule has 0 saturated carbocycles. The Hall–Kier alpha value is -2.05. The number of fused-ring (bicyclic) bond motifs is 2. The van der Waals surface area contributed by atoms with Gasteiger partial charge in [-0.25, -0.2) is 0 Å². The molecule has 0 bridgehead atoms. The molecule has 0 aromatic heterocycles. The van der Waals surface area contributed by atoms with Crippen molar-refractivity contribution in [3.05, 3.63) is 47.5 Å². The third kappa shape index (κ3) is 3.96. The molecule has 0 unspecified atom stereocenters. The van der Waals surface area contributed by atoms with Crippen LogP contribution in [0, 0.1) is 0 Å². The van der Waals surface area contributed by atoms with Gasteiger partial charge in [0.15, 0.2) is 11.5 Å². The van der Waals surface area contributed by atoms with E-state index in [4.69, 9.17) is 9.29 Å². The van der Waals surface area contributed by atoms with Crippen LogP contribution in [0.15, 0.2) is 36.4 Å². The smallest absolute Gasteiger partial charge is 0.264 e. The molecular formula is C19H23NO4S. The van der Waals surface area contributed by atoms with Gasteiger partial charge in [-0.05, 0) is 54.7 Å². The Morgan fingerprint density at radius 1 is 0.960 bits per heavy atom. The number of ether oxygens (including phenoxy) is 1. The summed E-state index contributed by atoms with van der Waals surface area (Å²) in [6.45, 7) is 4.67. The van der Waals surface area contributed by atoms with E-state index in [2.05, 4.69) is 30.9 Å². The van der Waals surface area contributed by atoms with Crippen LogP contribution in [0.25, 0.3) is 0 Å². The molecule has 1 heterocycles. The van der Waals surface area contributed by atoms with Crippen molar-refractivity contribution in [2.75, 3.05) is 17.2 Å². The maximum atomic E-state index is 11.1. The van der Waals surface area contributed by atoms with E-state index in [0.29, 0.717) is 13.0 Å². The quantitative estimate of drug-likeness (QED) is 0.776. The first-order chi connectivity index (χ1) is 11.9. The molecule has 5 nitrogen and oxygen atoms in total. The monoisotopic (exact) mass is 361 g/mol. The van der Waals surface area contributed by atoms with Crippen LogP contribution in [0.4, 0.5) is 11.4 Å². The number of benzene rings is 2. The van der Waals surface area contributed by atoms with Crippen LogP contribution in [-0.2, 0) is 23.0 Å². The molecule has 0 fully saturated rings. The van der Waals surface area contributed by atoms with Crippen LogP contribution in [0.2, 0.25) is 0 Å². The Bertz CT molecular complexity index is 877. The second-order valence-electron chi connectivity index (χ2n) is 6.20. The topological polar surface area (TPSA) is 66.8 Å². The molecule has 134 valence electrons. The van der Waals surface area contributed by atoms with Gasteiger partial charge in [0.1, 0.15) is 0 Å². The van der Waals surface area contributed by atoms with E-state index in [1.807, 2.05) is 24.3 Å². The predicted octanol–water partition coefficient (Wildman–Crippen LogP) is 4.33. The Balaban J connectivity index is 1.98. The zero-order valence-electron chi connectivity index (χ0n) is 14.5. The molecule has 0 radical (unpaired) electrons. The molecule has 0 amide bonds. The Labute approximate surface area is 149 Å². The van der Waals surface area contributed by atoms with Crippen LogP contribution in [0.3, 0.4) is 0 Å². The van der Waals surface area contributed by atoms with Crippen molar-refractivity contribution in [1.29, 1.82) is 0 Å². The Kier molecular flexibility index (Phi) is 5.01. The fourth-order valence-corrected chi connectivity index (χ4v) is 3.55. The van der Waals surface area contributed by atoms with E-state index in [1.54, 1.807) is 0 Å². The molecule has 1 N–H and O–H groups in total. The SMILES string of the molecule is CCc1ccc2c(c1)Oc1ccc(CC)cc1N2CCCS(=O)(=O)O. The van der Waals surface area contributed by atoms with Gasteiger partial charge in [0.25, 0.3) is 10.1 Å². The molecule has 3 rings (SSSR count). The minimum absolute atomic E-state index is 0.254. The average Bonchev–Trinajstić information content (AvgIpc) is 2.59. The number of nitrogens with zero attached hydrogens (tertiary/aromatic N) is 1. The summed E-state index contributed by atoms with van der Waals surface area (Å²) in [5, 5.41) is 0. The first-order valence-electron chi connectivity index (χ1n) is 8.57. The summed E-state index contributed by atoms with van der Waals surface area (Å²) in [4.78, 5) is 2.08. The highest BCUT2D eigenvalue weighted by Crippen LogP contribution is 2.47. The highest BCUT2D eigenvalue weighted by atomic mass is 32.2. The van der Waals surface area contributed by atoms with Gasteiger partial charge in [0.05, 0.1) is 17.1 Å². The third-order valence-corrected chi connectivity index (χ3v) is 5.25. The second-order valence-corrected chi connectivity index (χ2v) is 7.78. The molecule has 1 aliphatic rings. The van der Waals surface area contributed by atoms with E-state index in [-0.39, 0.29) is 5.75 Å². The first-order valence-corrected chi connectivity index (χ1v) is 10.2. The lowest BCUT2D eigenvalue weighted by atomic mass is 10.1. The summed E-state index contributed by atoms with van der Waals surface area (Å²) in [6, 6.07) is 12.2. The summed E-state index contributed by atoms with van der Waals surface area (Å²) in [5.74, 6) is 1.29. The maximum Gasteiger partial charge on any atom is 0.264 e. The number of anilines is 2. The third-order valence-electron chi connectivity index (χ3n) is 4.45. The summed E-state index contributed by atoms with van der Waals surface area (Å²) < 4.78 is 37.2. The van der Waals surface area contributed by atoms with Crippen LogP contribution >= 0.6 is 0 Å². The van der Waals surface area contributed by atoms with Crippen molar-refractivity contribution in [3.8, 4) is 11.5 Å². The minimum Gasteiger partial charge on any atom is -0.453 e. The largest absolute Gasteiger partial charge is 0.453 e. The van der Waals surface area contributed by atoms with Crippen LogP contribution in [-0.4, -0.2) is 25.3 Å². The summed E-state index contributed by atoms with van der Waals surface area (Å²) in [6.07, 6.45) is 2.17. The second kappa shape index (κ2) is 7.06. The van der Waals surface area contributed by atoms with Crippen LogP contribution in [0.1, 0.15) is 31.4 Å². The van der Waals surface area contributed by atoms with Crippen LogP contribution in [0.5, 0.6) is 11.5 Å². The van der Waals surface area contributed by atoms with E-state index in [1.165, 1.54) is 11.1 Å². The Morgan fingerprint density at radius 3 is 2.32 bits per heavy atom. The van der Waals surface area contributed by atoms with Crippen molar-refractivity contribution in [3.63, 3.8) is 0 Å². The van der Waals surface area contributed by atoms with Gasteiger partial charge in [0.2, 0.25) is 0 Å². The number of hydrogen-bond donors (Lipinski definition) is 1. The molecule has 25 heavy (non-hydrogen) atoms. The molecule has 2 aromatic carbocycles. The van der Waals surface area contributed by atoms with Gasteiger partial charge >= 0.3 is 0 Å². The zero-order valence-corrected chi connectivity index (χ0v) is 15.3. The van der Waals surface area contributed by atoms with Gasteiger partial charge in [-0.1, -0.05) is 26.0 Å². The van der Waals surface area contributed by atoms with Crippen molar-refractivity contribution in [1.82, 2.24) is 0 Å². The highest BCUT2D eigenvalue weighted by molar-refractivity contribution is 7.85. The fourth-order valence-electron chi connectivity index (χ4n) is 3.06. The predicted molar refractivity (Wildman–Crippen MR) is 99.8 cm³/mol. The molecule has 6 heteroatoms. The van der Waals surface area contributed by atoms with E-state index in [0.717, 1.165) is 35.7 Å². The number of hydrogen-bond acceptors (Lipinski definition) is 4. The molecule has 0 saturated heterocycles. The normalized spacial score (nSPS) is 13.2. The average molecular weight is 361 g/mol. The first kappa shape index (κ1) is 17.8. The lowest BCUT2D eigenvalue weighted by Crippen LogP contribution is -2.24. The van der Waals surface area contributed by atoms with E-state index >= 15 is 0 Å². The summed E-state index contributed by atoms with van der Waals surface area (Å²) in [7, 11) is -3.96. The van der Waals surface area contributed by atoms with Gasteiger partial charge < -0.3 is 9.64 Å². The fraction of sp³-hybridized carbons (Fsp3) is 0.368. The number of rotatable bonds is 6. The summed E-state index contributed by atoms with van der Waals surface area (Å²) in [5.41, 5.74) is 4.24. The summed E-state index contributed by atoms with van der Waals surface area (Å²) >= 11 is 0. The molecule has 0 atom stereocenters. The van der Waals surface area contributed by atoms with Gasteiger partial charge in [-0.2, -0.15) is 8.42 Å². The van der Waals surface area contributed by atoms with Gasteiger partial charge in [-0.3, -0.25) is 4.55 Å². The van der Waals surface area contributed by atoms with Crippen molar-refractivity contribution in [2.45, 2.75) is 33.1 Å². The molecule has 0 aliphatic carbocycles. The zero-order chi connectivity index (χ0) is 18.0. The Morgan fingerprint density at radius 2 is 1.64 bits per heavy atom. The van der Waals surface area contributed by atoms with Crippen molar-refractivity contribution in [2.24, 2.45) is 0 Å².